The van der Waals surface area contributed by atoms with Gasteiger partial charge in [-0.25, -0.2) is 0 Å². The average molecular weight is 357 g/mol. The predicted molar refractivity (Wildman–Crippen MR) is 116 cm³/mol. The lowest BCUT2D eigenvalue weighted by Gasteiger charge is -2.02. The SMILES string of the molecule is C=Cc1c(S)cccc1C#CCCCCCCCCCCCCCC. The fourth-order valence-corrected chi connectivity index (χ4v) is 3.39. The number of benzene rings is 1. The summed E-state index contributed by atoms with van der Waals surface area (Å²) in [4.78, 5) is 0.951. The van der Waals surface area contributed by atoms with E-state index in [1.807, 2.05) is 24.3 Å². The molecule has 0 heterocycles. The summed E-state index contributed by atoms with van der Waals surface area (Å²) >= 11 is 4.46. The first-order chi connectivity index (χ1) is 12.3. The smallest absolute Gasteiger partial charge is 0.0328 e. The van der Waals surface area contributed by atoms with Crippen molar-refractivity contribution in [2.24, 2.45) is 0 Å². The quantitative estimate of drug-likeness (QED) is 0.206. The Kier molecular flexibility index (Phi) is 13.3. The minimum absolute atomic E-state index is 0.951. The normalized spacial score (nSPS) is 10.3. The van der Waals surface area contributed by atoms with E-state index in [4.69, 9.17) is 0 Å². The molecule has 0 fully saturated rings. The van der Waals surface area contributed by atoms with Crippen LogP contribution in [0.2, 0.25) is 0 Å². The van der Waals surface area contributed by atoms with Crippen molar-refractivity contribution in [3.63, 3.8) is 0 Å². The zero-order chi connectivity index (χ0) is 18.2. The molecule has 0 amide bonds. The van der Waals surface area contributed by atoms with Crippen LogP contribution in [0.5, 0.6) is 0 Å². The summed E-state index contributed by atoms with van der Waals surface area (Å²) in [6.45, 7) is 6.13. The Morgan fingerprint density at radius 2 is 1.44 bits per heavy atom. The molecule has 0 N–H and O–H groups in total. The van der Waals surface area contributed by atoms with Crippen molar-refractivity contribution in [2.45, 2.75) is 95.3 Å². The van der Waals surface area contributed by atoms with E-state index in [1.54, 1.807) is 0 Å². The third-order valence-corrected chi connectivity index (χ3v) is 5.06. The van der Waals surface area contributed by atoms with E-state index in [1.165, 1.54) is 77.0 Å². The van der Waals surface area contributed by atoms with E-state index in [9.17, 15) is 0 Å². The monoisotopic (exact) mass is 356 g/mol. The fraction of sp³-hybridized carbons (Fsp3) is 0.583. The third-order valence-electron chi connectivity index (χ3n) is 4.67. The highest BCUT2D eigenvalue weighted by Crippen LogP contribution is 2.19. The van der Waals surface area contributed by atoms with Gasteiger partial charge < -0.3 is 0 Å². The molecule has 0 radical (unpaired) electrons. The Balaban J connectivity index is 2.01. The maximum absolute atomic E-state index is 4.46. The van der Waals surface area contributed by atoms with Gasteiger partial charge in [-0.15, -0.1) is 12.6 Å². The van der Waals surface area contributed by atoms with Crippen molar-refractivity contribution in [3.05, 3.63) is 35.9 Å². The summed E-state index contributed by atoms with van der Waals surface area (Å²) in [6.07, 6.45) is 19.5. The van der Waals surface area contributed by atoms with Crippen LogP contribution in [-0.4, -0.2) is 0 Å². The molecule has 0 saturated heterocycles. The molecule has 138 valence electrons. The van der Waals surface area contributed by atoms with Crippen LogP contribution in [0.4, 0.5) is 0 Å². The summed E-state index contributed by atoms with van der Waals surface area (Å²) in [7, 11) is 0. The van der Waals surface area contributed by atoms with Gasteiger partial charge in [0.25, 0.3) is 0 Å². The number of hydrogen-bond acceptors (Lipinski definition) is 1. The van der Waals surface area contributed by atoms with Crippen LogP contribution in [0.1, 0.15) is 102 Å². The molecular formula is C24H36S. The van der Waals surface area contributed by atoms with Crippen LogP contribution in [0.15, 0.2) is 29.7 Å². The Hall–Kier alpha value is -1.13. The van der Waals surface area contributed by atoms with Gasteiger partial charge in [0, 0.05) is 22.4 Å². The van der Waals surface area contributed by atoms with Crippen molar-refractivity contribution in [2.75, 3.05) is 0 Å². The van der Waals surface area contributed by atoms with Gasteiger partial charge in [0.05, 0.1) is 0 Å². The lowest BCUT2D eigenvalue weighted by Crippen LogP contribution is -1.84. The van der Waals surface area contributed by atoms with Gasteiger partial charge in [-0.3, -0.25) is 0 Å². The van der Waals surface area contributed by atoms with Crippen LogP contribution in [0.25, 0.3) is 6.08 Å². The topological polar surface area (TPSA) is 0 Å². The fourth-order valence-electron chi connectivity index (χ4n) is 3.09. The second-order valence-corrected chi connectivity index (χ2v) is 7.37. The van der Waals surface area contributed by atoms with Crippen molar-refractivity contribution in [1.82, 2.24) is 0 Å². The van der Waals surface area contributed by atoms with Gasteiger partial charge >= 0.3 is 0 Å². The van der Waals surface area contributed by atoms with E-state index in [0.717, 1.165) is 22.4 Å². The molecule has 0 atom stereocenters. The van der Waals surface area contributed by atoms with Gasteiger partial charge in [0.15, 0.2) is 0 Å². The van der Waals surface area contributed by atoms with Crippen LogP contribution in [0.3, 0.4) is 0 Å². The van der Waals surface area contributed by atoms with Gasteiger partial charge in [0.2, 0.25) is 0 Å². The summed E-state index contributed by atoms with van der Waals surface area (Å²) < 4.78 is 0. The Morgan fingerprint density at radius 3 is 2.00 bits per heavy atom. The molecule has 1 heteroatoms. The molecule has 0 saturated carbocycles. The second kappa shape index (κ2) is 15.2. The molecule has 1 aromatic carbocycles. The minimum atomic E-state index is 0.951. The largest absolute Gasteiger partial charge is 0.143 e. The third kappa shape index (κ3) is 10.5. The van der Waals surface area contributed by atoms with E-state index in [2.05, 4.69) is 38.0 Å². The minimum Gasteiger partial charge on any atom is -0.143 e. The van der Waals surface area contributed by atoms with E-state index in [-0.39, 0.29) is 0 Å². The molecular weight excluding hydrogens is 320 g/mol. The van der Waals surface area contributed by atoms with E-state index < -0.39 is 0 Å². The zero-order valence-corrected chi connectivity index (χ0v) is 17.1. The molecule has 0 unspecified atom stereocenters. The van der Waals surface area contributed by atoms with Crippen LogP contribution in [0, 0.1) is 11.8 Å². The van der Waals surface area contributed by atoms with E-state index >= 15 is 0 Å². The maximum atomic E-state index is 4.46. The number of rotatable bonds is 13. The Labute approximate surface area is 161 Å². The molecule has 0 spiro atoms. The van der Waals surface area contributed by atoms with Gasteiger partial charge in [0.1, 0.15) is 0 Å². The molecule has 0 aliphatic heterocycles. The molecule has 0 aromatic heterocycles. The summed E-state index contributed by atoms with van der Waals surface area (Å²) in [6, 6.07) is 6.03. The molecule has 1 rings (SSSR count). The Bertz CT molecular complexity index is 533. The van der Waals surface area contributed by atoms with Crippen LogP contribution in [-0.2, 0) is 0 Å². The number of hydrogen-bond donors (Lipinski definition) is 1. The van der Waals surface area contributed by atoms with Gasteiger partial charge in [-0.2, -0.15) is 0 Å². The Morgan fingerprint density at radius 1 is 0.880 bits per heavy atom. The zero-order valence-electron chi connectivity index (χ0n) is 16.2. The molecule has 0 aliphatic carbocycles. The van der Waals surface area contributed by atoms with Crippen molar-refractivity contribution < 1.29 is 0 Å². The van der Waals surface area contributed by atoms with Crippen molar-refractivity contribution in [1.29, 1.82) is 0 Å². The lowest BCUT2D eigenvalue weighted by atomic mass is 10.0. The molecule has 25 heavy (non-hydrogen) atoms. The predicted octanol–water partition coefficient (Wildman–Crippen LogP) is 8.06. The first-order valence-electron chi connectivity index (χ1n) is 10.2. The average Bonchev–Trinajstić information content (AvgIpc) is 2.62. The summed E-state index contributed by atoms with van der Waals surface area (Å²) in [5.41, 5.74) is 2.09. The molecule has 0 aliphatic rings. The van der Waals surface area contributed by atoms with Crippen LogP contribution < -0.4 is 0 Å². The first kappa shape index (κ1) is 21.9. The maximum Gasteiger partial charge on any atom is 0.0328 e. The van der Waals surface area contributed by atoms with Crippen molar-refractivity contribution in [3.8, 4) is 11.8 Å². The lowest BCUT2D eigenvalue weighted by molar-refractivity contribution is 0.545. The summed E-state index contributed by atoms with van der Waals surface area (Å²) in [5.74, 6) is 6.58. The molecule has 0 nitrogen and oxygen atoms in total. The van der Waals surface area contributed by atoms with Gasteiger partial charge in [-0.05, 0) is 18.6 Å². The number of thiol groups is 1. The summed E-state index contributed by atoms with van der Waals surface area (Å²) in [5, 5.41) is 0. The molecule has 1 aromatic rings. The van der Waals surface area contributed by atoms with Gasteiger partial charge in [-0.1, -0.05) is 108 Å². The standard InChI is InChI=1S/C24H36S/c1-3-5-6-7-8-9-10-11-12-13-14-15-16-17-19-22-20-18-21-24(25)23(22)4-2/h4,18,20-21,25H,2-3,5-16H2,1H3. The highest BCUT2D eigenvalue weighted by molar-refractivity contribution is 7.80. The van der Waals surface area contributed by atoms with Crippen LogP contribution >= 0.6 is 12.6 Å². The first-order valence-corrected chi connectivity index (χ1v) is 10.7. The number of unbranched alkanes of at least 4 members (excludes halogenated alkanes) is 12. The van der Waals surface area contributed by atoms with E-state index in [0.29, 0.717) is 0 Å². The van der Waals surface area contributed by atoms with Crippen molar-refractivity contribution >= 4 is 18.7 Å². The highest BCUT2D eigenvalue weighted by atomic mass is 32.1. The highest BCUT2D eigenvalue weighted by Gasteiger charge is 1.99. The second-order valence-electron chi connectivity index (χ2n) is 6.88. The molecule has 0 bridgehead atoms.